The van der Waals surface area contributed by atoms with Crippen LogP contribution in [0.25, 0.3) is 22.3 Å². The largest absolute Gasteiger partial charge is 0.465 e. The molecule has 0 bridgehead atoms. The quantitative estimate of drug-likeness (QED) is 0.373. The second kappa shape index (κ2) is 7.17. The minimum absolute atomic E-state index is 0.186. The molecule has 0 amide bonds. The van der Waals surface area contributed by atoms with Crippen LogP contribution in [-0.2, 0) is 4.74 Å². The van der Waals surface area contributed by atoms with Gasteiger partial charge in [-0.1, -0.05) is 55.6 Å². The normalized spacial score (nSPS) is 11.0. The van der Waals surface area contributed by atoms with Crippen molar-refractivity contribution < 1.29 is 9.53 Å². The summed E-state index contributed by atoms with van der Waals surface area (Å²) < 4.78 is 4.56. The maximum atomic E-state index is 11.7. The summed E-state index contributed by atoms with van der Waals surface area (Å²) in [6.07, 6.45) is 0. The summed E-state index contributed by atoms with van der Waals surface area (Å²) in [5.74, 6) is -0.406. The van der Waals surface area contributed by atoms with Gasteiger partial charge < -0.3 is 4.74 Å². The van der Waals surface area contributed by atoms with E-state index < -0.39 is 5.97 Å². The maximum Gasteiger partial charge on any atom is 0.337 e. The summed E-state index contributed by atoms with van der Waals surface area (Å²) in [4.78, 5) is 21.1. The fraction of sp³-hybridized carbons (Fsp3) is 0.118. The number of hydrogen-bond acceptors (Lipinski definition) is 4. The molecule has 0 spiro atoms. The number of benzene rings is 2. The van der Waals surface area contributed by atoms with Gasteiger partial charge in [-0.05, 0) is 30.3 Å². The first kappa shape index (κ1) is 17.3. The Balaban J connectivity index is 2.20. The lowest BCUT2D eigenvalue weighted by Crippen LogP contribution is -2.03. The van der Waals surface area contributed by atoms with Crippen molar-refractivity contribution in [3.63, 3.8) is 0 Å². The molecule has 24 heavy (non-hydrogen) atoms. The molecule has 0 aliphatic carbocycles. The third-order valence-corrected chi connectivity index (χ3v) is 4.56. The van der Waals surface area contributed by atoms with Crippen LogP contribution >= 0.6 is 43.5 Å². The van der Waals surface area contributed by atoms with Crippen LogP contribution < -0.4 is 0 Å². The van der Waals surface area contributed by atoms with E-state index in [0.717, 1.165) is 11.3 Å². The van der Waals surface area contributed by atoms with Crippen molar-refractivity contribution in [2.24, 2.45) is 0 Å². The lowest BCUT2D eigenvalue weighted by Gasteiger charge is -2.11. The molecular weight excluding hydrogens is 459 g/mol. The van der Waals surface area contributed by atoms with Crippen molar-refractivity contribution in [1.82, 2.24) is 9.97 Å². The summed E-state index contributed by atoms with van der Waals surface area (Å²) in [6.45, 7) is 0. The number of aromatic nitrogens is 2. The van der Waals surface area contributed by atoms with E-state index in [1.165, 1.54) is 7.11 Å². The number of hydrogen-bond donors (Lipinski definition) is 0. The Morgan fingerprint density at radius 1 is 1.08 bits per heavy atom. The van der Waals surface area contributed by atoms with Crippen LogP contribution in [0.4, 0.5) is 0 Å². The van der Waals surface area contributed by atoms with E-state index >= 15 is 0 Å². The van der Waals surface area contributed by atoms with Crippen molar-refractivity contribution in [1.29, 1.82) is 0 Å². The van der Waals surface area contributed by atoms with E-state index in [1.807, 2.05) is 24.3 Å². The molecule has 0 N–H and O–H groups in total. The van der Waals surface area contributed by atoms with Gasteiger partial charge in [0.15, 0.2) is 0 Å². The zero-order valence-corrected chi connectivity index (χ0v) is 16.4. The van der Waals surface area contributed by atoms with Crippen molar-refractivity contribution in [2.75, 3.05) is 7.11 Å². The van der Waals surface area contributed by atoms with Crippen LogP contribution in [0.1, 0.15) is 19.8 Å². The number of carbonyl (C=O) groups excluding carboxylic acids is 1. The second-order valence-electron chi connectivity index (χ2n) is 4.96. The number of carbonyl (C=O) groups is 1. The minimum Gasteiger partial charge on any atom is -0.465 e. The van der Waals surface area contributed by atoms with Crippen molar-refractivity contribution in [3.05, 3.63) is 58.7 Å². The number of nitrogens with zero attached hydrogens (tertiary/aromatic N) is 2. The van der Waals surface area contributed by atoms with Gasteiger partial charge in [0, 0.05) is 10.6 Å². The molecule has 2 aromatic carbocycles. The maximum absolute atomic E-state index is 11.7. The summed E-state index contributed by atoms with van der Waals surface area (Å²) in [6, 6.07) is 12.5. The lowest BCUT2D eigenvalue weighted by atomic mass is 10.1. The molecule has 1 aromatic heterocycles. The number of rotatable bonds is 3. The molecule has 3 aromatic rings. The van der Waals surface area contributed by atoms with Gasteiger partial charge >= 0.3 is 5.97 Å². The Morgan fingerprint density at radius 2 is 1.79 bits per heavy atom. The Kier molecular flexibility index (Phi) is 5.18. The first-order valence-electron chi connectivity index (χ1n) is 6.93. The molecule has 4 nitrogen and oxygen atoms in total. The molecule has 0 atom stereocenters. The van der Waals surface area contributed by atoms with E-state index in [-0.39, 0.29) is 3.74 Å². The van der Waals surface area contributed by atoms with Crippen molar-refractivity contribution in [2.45, 2.75) is 3.74 Å². The number of ether oxygens (including phenoxy) is 1. The first-order chi connectivity index (χ1) is 11.5. The fourth-order valence-electron chi connectivity index (χ4n) is 2.29. The van der Waals surface area contributed by atoms with Gasteiger partial charge in [-0.2, -0.15) is 0 Å². The molecular formula is C17H11Br2ClN2O2. The molecule has 7 heteroatoms. The zero-order chi connectivity index (χ0) is 17.3. The van der Waals surface area contributed by atoms with E-state index in [4.69, 9.17) is 21.3 Å². The van der Waals surface area contributed by atoms with E-state index in [9.17, 15) is 4.79 Å². The molecule has 0 saturated heterocycles. The highest BCUT2D eigenvalue weighted by molar-refractivity contribution is 9.24. The summed E-state index contributed by atoms with van der Waals surface area (Å²) >= 11 is 12.9. The number of halogens is 3. The van der Waals surface area contributed by atoms with Gasteiger partial charge in [0.1, 0.15) is 3.74 Å². The van der Waals surface area contributed by atoms with E-state index in [0.29, 0.717) is 27.3 Å². The summed E-state index contributed by atoms with van der Waals surface area (Å²) in [5.41, 5.74) is 4.11. The average molecular weight is 471 g/mol. The average Bonchev–Trinajstić information content (AvgIpc) is 2.60. The van der Waals surface area contributed by atoms with Crippen LogP contribution in [0.3, 0.4) is 0 Å². The summed E-state index contributed by atoms with van der Waals surface area (Å²) in [5, 5.41) is 0.658. The fourth-order valence-corrected chi connectivity index (χ4v) is 3.05. The standard InChI is InChI=1S/C17H11Br2ClN2O2/c1-24-17(23)10-4-7-12-13(8-10)22-15(16(18)19)14(21-12)9-2-5-11(20)6-3-9/h2-8,16H,1H3. The predicted molar refractivity (Wildman–Crippen MR) is 102 cm³/mol. The number of fused-ring (bicyclic) bond motifs is 1. The molecule has 3 rings (SSSR count). The summed E-state index contributed by atoms with van der Waals surface area (Å²) in [7, 11) is 1.35. The molecule has 0 fully saturated rings. The van der Waals surface area contributed by atoms with E-state index in [2.05, 4.69) is 36.8 Å². The highest BCUT2D eigenvalue weighted by atomic mass is 79.9. The third kappa shape index (κ3) is 3.45. The minimum atomic E-state index is -0.406. The molecule has 0 unspecified atom stereocenters. The first-order valence-corrected chi connectivity index (χ1v) is 9.14. The Labute approximate surface area is 160 Å². The van der Waals surface area contributed by atoms with Crippen molar-refractivity contribution in [3.8, 4) is 11.3 Å². The van der Waals surface area contributed by atoms with Crippen LogP contribution in [0.5, 0.6) is 0 Å². The SMILES string of the molecule is COC(=O)c1ccc2nc(-c3ccc(Cl)cc3)c(C(Br)Br)nc2c1. The smallest absolute Gasteiger partial charge is 0.337 e. The monoisotopic (exact) mass is 468 g/mol. The van der Waals surface area contributed by atoms with Gasteiger partial charge in [0.05, 0.1) is 35.1 Å². The highest BCUT2D eigenvalue weighted by Gasteiger charge is 2.17. The van der Waals surface area contributed by atoms with Crippen molar-refractivity contribution >= 4 is 60.5 Å². The van der Waals surface area contributed by atoms with Gasteiger partial charge in [0.2, 0.25) is 0 Å². The number of esters is 1. The molecule has 1 heterocycles. The number of methoxy groups -OCH3 is 1. The zero-order valence-electron chi connectivity index (χ0n) is 12.5. The third-order valence-electron chi connectivity index (χ3n) is 3.44. The van der Waals surface area contributed by atoms with Crippen LogP contribution in [-0.4, -0.2) is 23.0 Å². The molecule has 122 valence electrons. The van der Waals surface area contributed by atoms with Gasteiger partial charge in [0.25, 0.3) is 0 Å². The molecule has 0 aliphatic heterocycles. The number of alkyl halides is 2. The predicted octanol–water partition coefficient (Wildman–Crippen LogP) is 5.53. The Hall–Kier alpha value is -1.50. The Morgan fingerprint density at radius 3 is 2.42 bits per heavy atom. The molecule has 0 saturated carbocycles. The highest BCUT2D eigenvalue weighted by Crippen LogP contribution is 2.36. The van der Waals surface area contributed by atoms with Crippen LogP contribution in [0.2, 0.25) is 5.02 Å². The van der Waals surface area contributed by atoms with Gasteiger partial charge in [-0.15, -0.1) is 0 Å². The lowest BCUT2D eigenvalue weighted by molar-refractivity contribution is 0.0601. The van der Waals surface area contributed by atoms with E-state index in [1.54, 1.807) is 18.2 Å². The topological polar surface area (TPSA) is 52.1 Å². The molecule has 0 aliphatic rings. The Bertz CT molecular complexity index is 914. The second-order valence-corrected chi connectivity index (χ2v) is 8.46. The molecule has 0 radical (unpaired) electrons. The van der Waals surface area contributed by atoms with Crippen LogP contribution in [0, 0.1) is 0 Å². The van der Waals surface area contributed by atoms with Crippen LogP contribution in [0.15, 0.2) is 42.5 Å². The van der Waals surface area contributed by atoms with Gasteiger partial charge in [-0.25, -0.2) is 14.8 Å². The van der Waals surface area contributed by atoms with Gasteiger partial charge in [-0.3, -0.25) is 0 Å².